The highest BCUT2D eigenvalue weighted by Gasteiger charge is 2.69. The van der Waals surface area contributed by atoms with Gasteiger partial charge in [-0.1, -0.05) is 62.0 Å². The van der Waals surface area contributed by atoms with E-state index in [1.807, 2.05) is 30.3 Å². The van der Waals surface area contributed by atoms with Gasteiger partial charge in [0.05, 0.1) is 23.0 Å². The quantitative estimate of drug-likeness (QED) is 0.163. The molecule has 3 aliphatic rings. The van der Waals surface area contributed by atoms with Crippen LogP contribution in [0.15, 0.2) is 84.0 Å². The van der Waals surface area contributed by atoms with Crippen molar-refractivity contribution in [3.63, 3.8) is 0 Å². The maximum absolute atomic E-state index is 14.0. The SMILES string of the molecule is C=C1[C@@H](OC(=O)C[C@@H](NC)c2ccccc2)C[C@H](OC(C)=O)[C@@]2(C)[C@@H]1C[C@]1(C(C)(C)O)C[C@H](OC(C)=O)C(C)=C1[C@@H](OC(=O)c1ccccc1)[C@@H]2OC(C)=O. The minimum absolute atomic E-state index is 0.0121. The van der Waals surface area contributed by atoms with Gasteiger partial charge in [0.1, 0.15) is 18.3 Å². The summed E-state index contributed by atoms with van der Waals surface area (Å²) in [6.45, 7) is 15.1. The Hall–Kier alpha value is -4.81. The molecular weight excluding hydrogens is 706 g/mol. The molecule has 0 aromatic heterocycles. The molecule has 2 fully saturated rings. The van der Waals surface area contributed by atoms with E-state index in [1.54, 1.807) is 65.1 Å². The summed E-state index contributed by atoms with van der Waals surface area (Å²) in [5, 5.41) is 15.5. The van der Waals surface area contributed by atoms with Crippen LogP contribution in [0.25, 0.3) is 0 Å². The molecule has 0 amide bonds. The highest BCUT2D eigenvalue weighted by molar-refractivity contribution is 5.89. The third kappa shape index (κ3) is 8.11. The first-order valence-corrected chi connectivity index (χ1v) is 18.7. The van der Waals surface area contributed by atoms with E-state index in [9.17, 15) is 29.1 Å². The normalized spacial score (nSPS) is 29.5. The molecule has 2 aromatic rings. The molecule has 3 aliphatic carbocycles. The van der Waals surface area contributed by atoms with Gasteiger partial charge >= 0.3 is 29.8 Å². The zero-order valence-electron chi connectivity index (χ0n) is 32.9. The van der Waals surface area contributed by atoms with Gasteiger partial charge < -0.3 is 34.1 Å². The van der Waals surface area contributed by atoms with Gasteiger partial charge in [-0.3, -0.25) is 19.2 Å². The first kappa shape index (κ1) is 41.4. The van der Waals surface area contributed by atoms with Gasteiger partial charge in [-0.2, -0.15) is 0 Å². The molecule has 12 heteroatoms. The van der Waals surface area contributed by atoms with Gasteiger partial charge in [0, 0.05) is 45.1 Å². The van der Waals surface area contributed by atoms with Crippen LogP contribution in [0.2, 0.25) is 0 Å². The molecule has 5 rings (SSSR count). The van der Waals surface area contributed by atoms with Crippen molar-refractivity contribution in [3.05, 3.63) is 95.1 Å². The molecule has 0 heterocycles. The number of hydrogen-bond acceptors (Lipinski definition) is 12. The summed E-state index contributed by atoms with van der Waals surface area (Å²) < 4.78 is 30.8. The van der Waals surface area contributed by atoms with Crippen molar-refractivity contribution < 1.29 is 52.8 Å². The lowest BCUT2D eigenvalue weighted by atomic mass is 9.56. The van der Waals surface area contributed by atoms with Gasteiger partial charge in [0.25, 0.3) is 0 Å². The molecule has 2 aromatic carbocycles. The second kappa shape index (κ2) is 16.1. The Bertz CT molecular complexity index is 1830. The van der Waals surface area contributed by atoms with Gasteiger partial charge in [-0.25, -0.2) is 4.79 Å². The van der Waals surface area contributed by atoms with E-state index in [2.05, 4.69) is 11.9 Å². The number of ether oxygens (including phenoxy) is 5. The van der Waals surface area contributed by atoms with Gasteiger partial charge in [0.2, 0.25) is 0 Å². The van der Waals surface area contributed by atoms with Crippen LogP contribution in [0.4, 0.5) is 0 Å². The first-order valence-electron chi connectivity index (χ1n) is 18.7. The molecular formula is C43H53NO11. The Morgan fingerprint density at radius 2 is 1.44 bits per heavy atom. The molecule has 9 atom stereocenters. The van der Waals surface area contributed by atoms with Crippen LogP contribution >= 0.6 is 0 Å². The molecule has 12 nitrogen and oxygen atoms in total. The Labute approximate surface area is 322 Å². The van der Waals surface area contributed by atoms with Crippen molar-refractivity contribution in [1.29, 1.82) is 0 Å². The van der Waals surface area contributed by atoms with E-state index in [0.717, 1.165) is 5.56 Å². The Morgan fingerprint density at radius 1 is 0.855 bits per heavy atom. The lowest BCUT2D eigenvalue weighted by molar-refractivity contribution is -0.198. The summed E-state index contributed by atoms with van der Waals surface area (Å²) in [6.07, 6.45) is -5.39. The number of fused-ring (bicyclic) bond motifs is 2. The van der Waals surface area contributed by atoms with E-state index >= 15 is 0 Å². The number of rotatable bonds is 11. The molecule has 296 valence electrons. The van der Waals surface area contributed by atoms with Crippen molar-refractivity contribution in [2.45, 2.75) is 116 Å². The summed E-state index contributed by atoms with van der Waals surface area (Å²) in [6, 6.07) is 17.4. The molecule has 0 unspecified atom stereocenters. The number of carbonyl (C=O) groups excluding carboxylic acids is 5. The molecule has 0 bridgehead atoms. The number of esters is 5. The summed E-state index contributed by atoms with van der Waals surface area (Å²) in [4.78, 5) is 66.3. The topological polar surface area (TPSA) is 164 Å². The molecule has 0 saturated heterocycles. The standard InChI is InChI=1S/C43H53NO11/c1-24-31-22-43(41(6,7)50)23-34(51-26(3)45)25(2)37(43)38(55-40(49)30-18-14-11-15-19-30)39(53-28(5)47)42(31,8)35(52-27(4)46)21-33(24)54-36(48)20-32(44-9)29-16-12-10-13-17-29/h10-19,31-35,38-39,44,50H,1,20-23H2,2-9H3/t31-,32-,33+,34+,35+,38-,39+,42-,43+/m1/s1. The van der Waals surface area contributed by atoms with Crippen molar-refractivity contribution in [1.82, 2.24) is 5.32 Å². The highest BCUT2D eigenvalue weighted by atomic mass is 16.6. The van der Waals surface area contributed by atoms with Gasteiger partial charge in [0.15, 0.2) is 12.2 Å². The maximum atomic E-state index is 14.0. The van der Waals surface area contributed by atoms with E-state index in [0.29, 0.717) is 16.7 Å². The van der Waals surface area contributed by atoms with E-state index in [-0.39, 0.29) is 37.3 Å². The monoisotopic (exact) mass is 759 g/mol. The molecule has 55 heavy (non-hydrogen) atoms. The molecule has 2 N–H and O–H groups in total. The van der Waals surface area contributed by atoms with Crippen LogP contribution in [-0.4, -0.2) is 78.1 Å². The first-order chi connectivity index (χ1) is 25.8. The van der Waals surface area contributed by atoms with Crippen molar-refractivity contribution in [2.24, 2.45) is 16.7 Å². The Morgan fingerprint density at radius 3 is 1.98 bits per heavy atom. The van der Waals surface area contributed by atoms with Gasteiger partial charge in [-0.15, -0.1) is 0 Å². The van der Waals surface area contributed by atoms with E-state index in [4.69, 9.17) is 23.7 Å². The summed E-state index contributed by atoms with van der Waals surface area (Å²) in [5.74, 6) is -3.92. The van der Waals surface area contributed by atoms with Crippen LogP contribution in [0.3, 0.4) is 0 Å². The fourth-order valence-corrected chi connectivity index (χ4v) is 9.18. The third-order valence-electron chi connectivity index (χ3n) is 11.9. The van der Waals surface area contributed by atoms with E-state index in [1.165, 1.54) is 20.8 Å². The molecule has 0 aliphatic heterocycles. The second-order valence-electron chi connectivity index (χ2n) is 15.7. The zero-order chi connectivity index (χ0) is 40.5. The van der Waals surface area contributed by atoms with E-state index < -0.39 is 82.7 Å². The fourth-order valence-electron chi connectivity index (χ4n) is 9.18. The summed E-state index contributed by atoms with van der Waals surface area (Å²) in [7, 11) is 1.75. The summed E-state index contributed by atoms with van der Waals surface area (Å²) in [5.41, 5.74) is -1.70. The lowest BCUT2D eigenvalue weighted by Gasteiger charge is -2.53. The predicted molar refractivity (Wildman–Crippen MR) is 201 cm³/mol. The Kier molecular flexibility index (Phi) is 12.1. The average Bonchev–Trinajstić information content (AvgIpc) is 3.35. The minimum atomic E-state index is -1.57. The smallest absolute Gasteiger partial charge is 0.338 e. The number of nitrogens with one attached hydrogen (secondary N) is 1. The van der Waals surface area contributed by atoms with Crippen molar-refractivity contribution in [2.75, 3.05) is 7.05 Å². The van der Waals surface area contributed by atoms with Crippen LogP contribution in [-0.2, 0) is 42.9 Å². The predicted octanol–water partition coefficient (Wildman–Crippen LogP) is 5.73. The van der Waals surface area contributed by atoms with Crippen molar-refractivity contribution >= 4 is 29.8 Å². The minimum Gasteiger partial charge on any atom is -0.462 e. The van der Waals surface area contributed by atoms with Crippen molar-refractivity contribution in [3.8, 4) is 0 Å². The maximum Gasteiger partial charge on any atom is 0.338 e. The zero-order valence-corrected chi connectivity index (χ0v) is 32.9. The van der Waals surface area contributed by atoms with Gasteiger partial charge in [-0.05, 0) is 74.6 Å². The van der Waals surface area contributed by atoms with Crippen LogP contribution in [0.1, 0.15) is 96.1 Å². The van der Waals surface area contributed by atoms with Crippen LogP contribution in [0, 0.1) is 16.7 Å². The van der Waals surface area contributed by atoms with Crippen LogP contribution in [0.5, 0.6) is 0 Å². The number of hydrogen-bond donors (Lipinski definition) is 2. The lowest BCUT2D eigenvalue weighted by Crippen LogP contribution is -2.60. The molecule has 0 spiro atoms. The highest BCUT2D eigenvalue weighted by Crippen LogP contribution is 2.65. The second-order valence-corrected chi connectivity index (χ2v) is 15.7. The number of aliphatic hydroxyl groups is 1. The van der Waals surface area contributed by atoms with Crippen LogP contribution < -0.4 is 5.32 Å². The Balaban J connectivity index is 1.70. The largest absolute Gasteiger partial charge is 0.462 e. The molecule has 0 radical (unpaired) electrons. The summed E-state index contributed by atoms with van der Waals surface area (Å²) >= 11 is 0. The number of carbonyl (C=O) groups is 5. The number of benzene rings is 2. The average molecular weight is 760 g/mol. The fraction of sp³-hybridized carbons (Fsp3) is 0.512. The molecule has 2 saturated carbocycles. The third-order valence-corrected chi connectivity index (χ3v) is 11.9.